The number of benzene rings is 1. The highest BCUT2D eigenvalue weighted by Crippen LogP contribution is 2.29. The van der Waals surface area contributed by atoms with E-state index in [4.69, 9.17) is 10.5 Å². The van der Waals surface area contributed by atoms with Gasteiger partial charge in [0.15, 0.2) is 0 Å². The summed E-state index contributed by atoms with van der Waals surface area (Å²) in [5.41, 5.74) is 3.74. The summed E-state index contributed by atoms with van der Waals surface area (Å²) in [5.74, 6) is -5.49. The Kier molecular flexibility index (Phi) is 7.65. The van der Waals surface area contributed by atoms with Crippen molar-refractivity contribution in [3.05, 3.63) is 35.9 Å². The third-order valence-corrected chi connectivity index (χ3v) is 3.95. The molecule has 0 aliphatic rings. The minimum absolute atomic E-state index is 0.124. The molecule has 0 saturated carbocycles. The molecule has 0 heterocycles. The number of carbonyl (C=O) groups excluding carboxylic acids is 2. The zero-order valence-electron chi connectivity index (χ0n) is 15.2. The number of nitrogens with one attached hydrogen (secondary N) is 1. The maximum atomic E-state index is 13.8. The predicted octanol–water partition coefficient (Wildman–Crippen LogP) is 1.95. The molecule has 0 spiro atoms. The van der Waals surface area contributed by atoms with Crippen molar-refractivity contribution >= 4 is 11.9 Å². The van der Waals surface area contributed by atoms with E-state index in [-0.39, 0.29) is 19.4 Å². The first-order valence-corrected chi connectivity index (χ1v) is 8.31. The van der Waals surface area contributed by atoms with Crippen LogP contribution in [-0.2, 0) is 20.9 Å². The minimum atomic E-state index is -3.71. The predicted molar refractivity (Wildman–Crippen MR) is 92.0 cm³/mol. The number of rotatable bonds is 9. The molecule has 0 bridgehead atoms. The number of aliphatic hydroxyl groups is 1. The molecule has 146 valence electrons. The standard InChI is InChI=1S/C18H26F2N2O4/c1-12(15(24)26-11-13-7-5-4-6-8-13)9-10-14(23)22-16(21)18(19,20)17(2,3)25/h4-8,12,16,25H,9-11,21H2,1-3H3,(H,22,23). The fourth-order valence-corrected chi connectivity index (χ4v) is 2.05. The van der Waals surface area contributed by atoms with Crippen LogP contribution in [0, 0.1) is 5.92 Å². The van der Waals surface area contributed by atoms with Crippen molar-refractivity contribution in [2.24, 2.45) is 11.7 Å². The quantitative estimate of drug-likeness (QED) is 0.454. The van der Waals surface area contributed by atoms with Crippen molar-refractivity contribution in [3.8, 4) is 0 Å². The summed E-state index contributed by atoms with van der Waals surface area (Å²) >= 11 is 0. The molecule has 0 aliphatic carbocycles. The van der Waals surface area contributed by atoms with Crippen LogP contribution >= 0.6 is 0 Å². The number of esters is 1. The van der Waals surface area contributed by atoms with Crippen molar-refractivity contribution < 1.29 is 28.2 Å². The number of carbonyl (C=O) groups is 2. The minimum Gasteiger partial charge on any atom is -0.461 e. The van der Waals surface area contributed by atoms with E-state index < -0.39 is 35.5 Å². The molecule has 1 rings (SSSR count). The van der Waals surface area contributed by atoms with E-state index in [1.54, 1.807) is 6.92 Å². The highest BCUT2D eigenvalue weighted by Gasteiger charge is 2.51. The number of nitrogens with two attached hydrogens (primary N) is 1. The second kappa shape index (κ2) is 9.05. The second-order valence-electron chi connectivity index (χ2n) is 6.76. The Bertz CT molecular complexity index is 603. The summed E-state index contributed by atoms with van der Waals surface area (Å²) in [4.78, 5) is 23.7. The normalized spacial score (nSPS) is 14.4. The maximum absolute atomic E-state index is 13.8. The van der Waals surface area contributed by atoms with Gasteiger partial charge in [0.1, 0.15) is 18.4 Å². The average Bonchev–Trinajstić information content (AvgIpc) is 2.57. The van der Waals surface area contributed by atoms with Crippen LogP contribution in [0.25, 0.3) is 0 Å². The van der Waals surface area contributed by atoms with Gasteiger partial charge in [-0.2, -0.15) is 8.78 Å². The number of ether oxygens (including phenoxy) is 1. The average molecular weight is 372 g/mol. The topological polar surface area (TPSA) is 102 Å². The summed E-state index contributed by atoms with van der Waals surface area (Å²) in [6.45, 7) is 3.53. The molecule has 4 N–H and O–H groups in total. The van der Waals surface area contributed by atoms with Crippen LogP contribution in [0.15, 0.2) is 30.3 Å². The lowest BCUT2D eigenvalue weighted by molar-refractivity contribution is -0.181. The first-order chi connectivity index (χ1) is 11.9. The van der Waals surface area contributed by atoms with Gasteiger partial charge in [-0.15, -0.1) is 0 Å². The van der Waals surface area contributed by atoms with Gasteiger partial charge >= 0.3 is 11.9 Å². The molecule has 1 aromatic rings. The van der Waals surface area contributed by atoms with Gasteiger partial charge < -0.3 is 20.9 Å². The first-order valence-electron chi connectivity index (χ1n) is 8.31. The van der Waals surface area contributed by atoms with Gasteiger partial charge in [-0.05, 0) is 25.8 Å². The van der Waals surface area contributed by atoms with Gasteiger partial charge in [0.2, 0.25) is 5.91 Å². The van der Waals surface area contributed by atoms with Gasteiger partial charge in [-0.1, -0.05) is 37.3 Å². The third kappa shape index (κ3) is 6.34. The van der Waals surface area contributed by atoms with Crippen LogP contribution < -0.4 is 11.1 Å². The zero-order chi connectivity index (χ0) is 20.0. The molecular formula is C18H26F2N2O4. The van der Waals surface area contributed by atoms with E-state index in [2.05, 4.69) is 0 Å². The van der Waals surface area contributed by atoms with Gasteiger partial charge in [-0.3, -0.25) is 9.59 Å². The monoisotopic (exact) mass is 372 g/mol. The van der Waals surface area contributed by atoms with Crippen molar-refractivity contribution in [2.45, 2.75) is 57.9 Å². The molecule has 0 radical (unpaired) electrons. The van der Waals surface area contributed by atoms with Crippen LogP contribution in [0.2, 0.25) is 0 Å². The SMILES string of the molecule is CC(CCC(=O)NC(N)C(F)(F)C(C)(C)O)C(=O)OCc1ccccc1. The Balaban J connectivity index is 2.40. The Morgan fingerprint density at radius 3 is 2.38 bits per heavy atom. The van der Waals surface area contributed by atoms with E-state index in [1.165, 1.54) is 0 Å². The summed E-state index contributed by atoms with van der Waals surface area (Å²) in [6, 6.07) is 9.12. The van der Waals surface area contributed by atoms with Crippen molar-refractivity contribution in [1.82, 2.24) is 5.32 Å². The number of amides is 1. The molecule has 8 heteroatoms. The summed E-state index contributed by atoms with van der Waals surface area (Å²) < 4.78 is 32.8. The molecule has 0 fully saturated rings. The Morgan fingerprint density at radius 1 is 1.27 bits per heavy atom. The molecule has 0 aliphatic heterocycles. The van der Waals surface area contributed by atoms with Crippen LogP contribution in [0.1, 0.15) is 39.2 Å². The molecule has 6 nitrogen and oxygen atoms in total. The lowest BCUT2D eigenvalue weighted by atomic mass is 9.98. The van der Waals surface area contributed by atoms with E-state index in [1.807, 2.05) is 35.6 Å². The van der Waals surface area contributed by atoms with Gasteiger partial charge in [0, 0.05) is 6.42 Å². The van der Waals surface area contributed by atoms with Crippen molar-refractivity contribution in [1.29, 1.82) is 0 Å². The number of alkyl halides is 2. The summed E-state index contributed by atoms with van der Waals surface area (Å²) in [5, 5.41) is 11.4. The Morgan fingerprint density at radius 2 is 1.85 bits per heavy atom. The fraction of sp³-hybridized carbons (Fsp3) is 0.556. The summed E-state index contributed by atoms with van der Waals surface area (Å²) in [7, 11) is 0. The first kappa shape index (κ1) is 22.0. The second-order valence-corrected chi connectivity index (χ2v) is 6.76. The van der Waals surface area contributed by atoms with Gasteiger partial charge in [-0.25, -0.2) is 0 Å². The van der Waals surface area contributed by atoms with Crippen molar-refractivity contribution in [2.75, 3.05) is 0 Å². The largest absolute Gasteiger partial charge is 0.461 e. The summed E-state index contributed by atoms with van der Waals surface area (Å²) in [6.07, 6.45) is -2.08. The van der Waals surface area contributed by atoms with E-state index in [9.17, 15) is 23.5 Å². The van der Waals surface area contributed by atoms with Gasteiger partial charge in [0.05, 0.1) is 5.92 Å². The van der Waals surface area contributed by atoms with Crippen LogP contribution in [-0.4, -0.2) is 34.7 Å². The van der Waals surface area contributed by atoms with E-state index in [0.717, 1.165) is 19.4 Å². The molecule has 1 aromatic carbocycles. The molecule has 0 saturated heterocycles. The van der Waals surface area contributed by atoms with Gasteiger partial charge in [0.25, 0.3) is 0 Å². The number of hydrogen-bond donors (Lipinski definition) is 3. The smallest absolute Gasteiger partial charge is 0.308 e. The van der Waals surface area contributed by atoms with E-state index in [0.29, 0.717) is 0 Å². The maximum Gasteiger partial charge on any atom is 0.308 e. The van der Waals surface area contributed by atoms with Crippen molar-refractivity contribution in [3.63, 3.8) is 0 Å². The molecule has 2 atom stereocenters. The lowest BCUT2D eigenvalue weighted by Gasteiger charge is -2.33. The fourth-order valence-electron chi connectivity index (χ4n) is 2.05. The number of hydrogen-bond acceptors (Lipinski definition) is 5. The molecule has 0 aromatic heterocycles. The highest BCUT2D eigenvalue weighted by molar-refractivity contribution is 5.78. The molecule has 1 amide bonds. The Labute approximate surface area is 151 Å². The van der Waals surface area contributed by atoms with Crippen LogP contribution in [0.5, 0.6) is 0 Å². The zero-order valence-corrected chi connectivity index (χ0v) is 15.2. The van der Waals surface area contributed by atoms with Crippen LogP contribution in [0.4, 0.5) is 8.78 Å². The Hall–Kier alpha value is -2.06. The van der Waals surface area contributed by atoms with E-state index >= 15 is 0 Å². The highest BCUT2D eigenvalue weighted by atomic mass is 19.3. The number of halogens is 2. The third-order valence-electron chi connectivity index (χ3n) is 3.95. The lowest BCUT2D eigenvalue weighted by Crippen LogP contribution is -2.62. The van der Waals surface area contributed by atoms with Crippen LogP contribution in [0.3, 0.4) is 0 Å². The molecular weight excluding hydrogens is 346 g/mol. The molecule has 2 unspecified atom stereocenters. The molecule has 26 heavy (non-hydrogen) atoms.